The second kappa shape index (κ2) is 13.6. The molecule has 270 valence electrons. The van der Waals surface area contributed by atoms with E-state index >= 15 is 0 Å². The van der Waals surface area contributed by atoms with Crippen molar-refractivity contribution in [2.45, 2.75) is 0 Å². The molecule has 6 heteroatoms. The molecule has 3 heterocycles. The summed E-state index contributed by atoms with van der Waals surface area (Å²) >= 11 is 0. The summed E-state index contributed by atoms with van der Waals surface area (Å²) in [6.45, 7) is 0. The van der Waals surface area contributed by atoms with Crippen LogP contribution >= 0.6 is 0 Å². The van der Waals surface area contributed by atoms with Crippen LogP contribution in [0.2, 0.25) is 0 Å². The summed E-state index contributed by atoms with van der Waals surface area (Å²) < 4.78 is 8.51. The molecule has 8 aromatic carbocycles. The molecule has 0 spiro atoms. The van der Waals surface area contributed by atoms with Gasteiger partial charge < -0.3 is 8.98 Å². The molecule has 0 aliphatic carbocycles. The third kappa shape index (κ3) is 5.53. The summed E-state index contributed by atoms with van der Waals surface area (Å²) in [6.07, 6.45) is 0. The van der Waals surface area contributed by atoms with E-state index in [-0.39, 0.29) is 0 Å². The van der Waals surface area contributed by atoms with Gasteiger partial charge in [-0.05, 0) is 76.9 Å². The average molecular weight is 742 g/mol. The molecule has 58 heavy (non-hydrogen) atoms. The Morgan fingerprint density at radius 1 is 0.397 bits per heavy atom. The monoisotopic (exact) mass is 741 g/mol. The van der Waals surface area contributed by atoms with Crippen molar-refractivity contribution in [3.05, 3.63) is 194 Å². The normalized spacial score (nSPS) is 11.4. The molecule has 3 aromatic heterocycles. The fraction of sp³-hybridized carbons (Fsp3) is 0. The van der Waals surface area contributed by atoms with Crippen molar-refractivity contribution >= 4 is 43.7 Å². The Morgan fingerprint density at radius 2 is 0.966 bits per heavy atom. The van der Waals surface area contributed by atoms with Gasteiger partial charge in [-0.15, -0.1) is 0 Å². The minimum atomic E-state index is 0.560. The summed E-state index contributed by atoms with van der Waals surface area (Å²) in [5.74, 6) is 1.75. The van der Waals surface area contributed by atoms with Crippen molar-refractivity contribution in [1.82, 2.24) is 19.5 Å². The van der Waals surface area contributed by atoms with E-state index in [1.54, 1.807) is 0 Å². The number of rotatable bonds is 6. The number of benzene rings is 8. The Labute approximate surface area is 333 Å². The van der Waals surface area contributed by atoms with Crippen LogP contribution in [0.25, 0.3) is 106 Å². The maximum Gasteiger partial charge on any atom is 0.166 e. The van der Waals surface area contributed by atoms with E-state index in [1.807, 2.05) is 103 Å². The minimum absolute atomic E-state index is 0.560. The molecule has 0 radical (unpaired) electrons. The molecular weight excluding hydrogens is 711 g/mol. The van der Waals surface area contributed by atoms with Crippen molar-refractivity contribution in [1.29, 1.82) is 5.26 Å². The summed E-state index contributed by atoms with van der Waals surface area (Å²) in [6, 6.07) is 66.3. The third-order valence-corrected chi connectivity index (χ3v) is 10.9. The number of furan rings is 1. The summed E-state index contributed by atoms with van der Waals surface area (Å²) in [5.41, 5.74) is 12.0. The van der Waals surface area contributed by atoms with Crippen LogP contribution in [0.1, 0.15) is 5.56 Å². The maximum absolute atomic E-state index is 9.96. The number of aromatic nitrogens is 4. The van der Waals surface area contributed by atoms with Gasteiger partial charge in [-0.2, -0.15) is 5.26 Å². The fourth-order valence-electron chi connectivity index (χ4n) is 8.16. The Balaban J connectivity index is 1.19. The van der Waals surface area contributed by atoms with Crippen molar-refractivity contribution in [2.24, 2.45) is 0 Å². The Bertz CT molecular complexity index is 3360. The van der Waals surface area contributed by atoms with Crippen molar-refractivity contribution in [3.63, 3.8) is 0 Å². The van der Waals surface area contributed by atoms with E-state index in [1.165, 1.54) is 0 Å². The van der Waals surface area contributed by atoms with Crippen LogP contribution in [0.5, 0.6) is 0 Å². The standard InChI is InChI=1S/C52H31N5O/c53-32-38-17-7-8-18-39(38)37-24-27-46-42(31-37)40-19-9-11-21-45(40)57(46)47-26-23-35(36-25-28-49-43(29-36)41-20-10-12-22-48(41)58-49)30-44(47)52-55-50(33-13-3-1-4-14-33)54-51(56-52)34-15-5-2-6-16-34/h1-31H. The molecule has 0 saturated carbocycles. The van der Waals surface area contributed by atoms with Gasteiger partial charge in [0.25, 0.3) is 0 Å². The zero-order valence-electron chi connectivity index (χ0n) is 31.0. The van der Waals surface area contributed by atoms with E-state index in [4.69, 9.17) is 19.4 Å². The van der Waals surface area contributed by atoms with Gasteiger partial charge in [0.05, 0.1) is 28.4 Å². The molecule has 0 amide bonds. The van der Waals surface area contributed by atoms with Gasteiger partial charge in [-0.3, -0.25) is 0 Å². The Hall–Kier alpha value is -8.14. The number of nitrogens with zero attached hydrogens (tertiary/aromatic N) is 5. The second-order valence-electron chi connectivity index (χ2n) is 14.3. The zero-order valence-corrected chi connectivity index (χ0v) is 31.0. The SMILES string of the molecule is N#Cc1ccccc1-c1ccc2c(c1)c1ccccc1n2-c1ccc(-c2ccc3oc4ccccc4c3c2)cc1-c1nc(-c2ccccc2)nc(-c2ccccc2)n1. The van der Waals surface area contributed by atoms with E-state index in [0.29, 0.717) is 23.0 Å². The summed E-state index contributed by atoms with van der Waals surface area (Å²) in [4.78, 5) is 15.5. The highest BCUT2D eigenvalue weighted by Crippen LogP contribution is 2.41. The lowest BCUT2D eigenvalue weighted by atomic mass is 9.98. The first-order valence-electron chi connectivity index (χ1n) is 19.2. The summed E-state index contributed by atoms with van der Waals surface area (Å²) in [5, 5.41) is 14.3. The quantitative estimate of drug-likeness (QED) is 0.169. The number of hydrogen-bond acceptors (Lipinski definition) is 5. The Morgan fingerprint density at radius 3 is 1.74 bits per heavy atom. The van der Waals surface area contributed by atoms with Crippen LogP contribution in [-0.4, -0.2) is 19.5 Å². The first-order valence-corrected chi connectivity index (χ1v) is 19.2. The number of fused-ring (bicyclic) bond motifs is 6. The largest absolute Gasteiger partial charge is 0.456 e. The lowest BCUT2D eigenvalue weighted by Gasteiger charge is -2.16. The first kappa shape index (κ1) is 33.2. The molecule has 11 rings (SSSR count). The molecule has 11 aromatic rings. The number of para-hydroxylation sites is 2. The van der Waals surface area contributed by atoms with E-state index in [9.17, 15) is 5.26 Å². The molecule has 0 saturated heterocycles. The van der Waals surface area contributed by atoms with Crippen LogP contribution in [0.4, 0.5) is 0 Å². The minimum Gasteiger partial charge on any atom is -0.456 e. The van der Waals surface area contributed by atoms with Crippen LogP contribution in [0.15, 0.2) is 192 Å². The van der Waals surface area contributed by atoms with Gasteiger partial charge in [0.15, 0.2) is 17.5 Å². The van der Waals surface area contributed by atoms with Crippen LogP contribution in [0.3, 0.4) is 0 Å². The predicted molar refractivity (Wildman–Crippen MR) is 233 cm³/mol. The van der Waals surface area contributed by atoms with E-state index in [2.05, 4.69) is 95.6 Å². The predicted octanol–water partition coefficient (Wildman–Crippen LogP) is 13.1. The molecule has 0 aliphatic rings. The van der Waals surface area contributed by atoms with Crippen molar-refractivity contribution in [3.8, 4) is 68.2 Å². The number of nitriles is 1. The highest BCUT2D eigenvalue weighted by molar-refractivity contribution is 6.11. The van der Waals surface area contributed by atoms with Crippen molar-refractivity contribution < 1.29 is 4.42 Å². The highest BCUT2D eigenvalue weighted by atomic mass is 16.3. The van der Waals surface area contributed by atoms with Crippen molar-refractivity contribution in [2.75, 3.05) is 0 Å². The van der Waals surface area contributed by atoms with Gasteiger partial charge in [0, 0.05) is 38.2 Å². The molecule has 0 atom stereocenters. The molecular formula is C52H31N5O. The second-order valence-corrected chi connectivity index (χ2v) is 14.3. The van der Waals surface area contributed by atoms with E-state index < -0.39 is 0 Å². The molecule has 0 bridgehead atoms. The third-order valence-electron chi connectivity index (χ3n) is 10.9. The molecule has 0 unspecified atom stereocenters. The topological polar surface area (TPSA) is 80.5 Å². The van der Waals surface area contributed by atoms with Crippen LogP contribution in [0, 0.1) is 11.3 Å². The first-order chi connectivity index (χ1) is 28.7. The molecule has 0 N–H and O–H groups in total. The smallest absolute Gasteiger partial charge is 0.166 e. The van der Waals surface area contributed by atoms with Gasteiger partial charge in [0.1, 0.15) is 11.2 Å². The Kier molecular flexibility index (Phi) is 7.76. The van der Waals surface area contributed by atoms with Gasteiger partial charge in [-0.1, -0.05) is 133 Å². The van der Waals surface area contributed by atoms with Gasteiger partial charge >= 0.3 is 0 Å². The fourth-order valence-corrected chi connectivity index (χ4v) is 8.16. The van der Waals surface area contributed by atoms with Crippen LogP contribution in [-0.2, 0) is 0 Å². The van der Waals surface area contributed by atoms with Gasteiger partial charge in [0.2, 0.25) is 0 Å². The van der Waals surface area contributed by atoms with Crippen LogP contribution < -0.4 is 0 Å². The van der Waals surface area contributed by atoms with Gasteiger partial charge in [-0.25, -0.2) is 15.0 Å². The molecule has 0 fully saturated rings. The maximum atomic E-state index is 9.96. The molecule has 6 nitrogen and oxygen atoms in total. The highest BCUT2D eigenvalue weighted by Gasteiger charge is 2.21. The number of hydrogen-bond donors (Lipinski definition) is 0. The average Bonchev–Trinajstić information content (AvgIpc) is 3.84. The lowest BCUT2D eigenvalue weighted by molar-refractivity contribution is 0.669. The summed E-state index contributed by atoms with van der Waals surface area (Å²) in [7, 11) is 0. The lowest BCUT2D eigenvalue weighted by Crippen LogP contribution is -2.04. The van der Waals surface area contributed by atoms with E-state index in [0.717, 1.165) is 88.4 Å². The molecule has 0 aliphatic heterocycles. The zero-order chi connectivity index (χ0) is 38.6.